The van der Waals surface area contributed by atoms with E-state index in [1.807, 2.05) is 25.2 Å². The Hall–Kier alpha value is -2.14. The van der Waals surface area contributed by atoms with Crippen molar-refractivity contribution in [2.75, 3.05) is 26.1 Å². The summed E-state index contributed by atoms with van der Waals surface area (Å²) in [5.41, 5.74) is 3.10. The van der Waals surface area contributed by atoms with Gasteiger partial charge in [0.15, 0.2) is 5.82 Å². The number of nitrogens with zero attached hydrogens (tertiary/aromatic N) is 2. The number of hydrogen-bond donors (Lipinski definition) is 1. The number of aromatic nitrogens is 2. The number of rotatable bonds is 4. The number of hydrogen-bond acceptors (Lipinski definition) is 5. The van der Waals surface area contributed by atoms with Crippen LogP contribution in [0.2, 0.25) is 0 Å². The molecule has 3 rings (SSSR count). The predicted molar refractivity (Wildman–Crippen MR) is 76.9 cm³/mol. The molecule has 0 aliphatic carbocycles. The molecule has 0 amide bonds. The summed E-state index contributed by atoms with van der Waals surface area (Å²) in [6, 6.07) is 8.10. The lowest BCUT2D eigenvalue weighted by atomic mass is 10.1. The second kappa shape index (κ2) is 5.46. The molecule has 20 heavy (non-hydrogen) atoms. The van der Waals surface area contributed by atoms with Crippen LogP contribution < -0.4 is 10.1 Å². The van der Waals surface area contributed by atoms with Crippen LogP contribution in [0.15, 0.2) is 24.3 Å². The van der Waals surface area contributed by atoms with E-state index in [1.165, 1.54) is 5.56 Å². The van der Waals surface area contributed by atoms with Crippen molar-refractivity contribution in [3.05, 3.63) is 35.7 Å². The SMILES string of the molecule is CNc1cc(-c2cccc3c2OCC3)nc(COC)n1. The third kappa shape index (κ3) is 2.32. The van der Waals surface area contributed by atoms with Crippen LogP contribution in [-0.4, -0.2) is 30.7 Å². The molecule has 1 aromatic heterocycles. The summed E-state index contributed by atoms with van der Waals surface area (Å²) in [6.07, 6.45) is 0.956. The van der Waals surface area contributed by atoms with E-state index in [1.54, 1.807) is 7.11 Å². The molecule has 5 heteroatoms. The zero-order chi connectivity index (χ0) is 13.9. The van der Waals surface area contributed by atoms with E-state index in [-0.39, 0.29) is 0 Å². The van der Waals surface area contributed by atoms with Gasteiger partial charge in [-0.25, -0.2) is 9.97 Å². The van der Waals surface area contributed by atoms with Crippen molar-refractivity contribution in [3.63, 3.8) is 0 Å². The highest BCUT2D eigenvalue weighted by Crippen LogP contribution is 2.36. The highest BCUT2D eigenvalue weighted by atomic mass is 16.5. The van der Waals surface area contributed by atoms with Crippen molar-refractivity contribution in [3.8, 4) is 17.0 Å². The maximum Gasteiger partial charge on any atom is 0.157 e. The Morgan fingerprint density at radius 2 is 2.25 bits per heavy atom. The van der Waals surface area contributed by atoms with Gasteiger partial charge in [0.05, 0.1) is 12.3 Å². The van der Waals surface area contributed by atoms with Crippen LogP contribution in [0.1, 0.15) is 11.4 Å². The molecular formula is C15H17N3O2. The summed E-state index contributed by atoms with van der Waals surface area (Å²) in [5.74, 6) is 2.37. The first kappa shape index (κ1) is 12.9. The molecule has 0 unspecified atom stereocenters. The Labute approximate surface area is 118 Å². The normalized spacial score (nSPS) is 12.9. The topological polar surface area (TPSA) is 56.3 Å². The van der Waals surface area contributed by atoms with Crippen molar-refractivity contribution in [1.29, 1.82) is 0 Å². The average Bonchev–Trinajstić information content (AvgIpc) is 2.95. The van der Waals surface area contributed by atoms with E-state index >= 15 is 0 Å². The quantitative estimate of drug-likeness (QED) is 0.924. The molecule has 0 atom stereocenters. The fraction of sp³-hybridized carbons (Fsp3) is 0.333. The number of nitrogens with one attached hydrogen (secondary N) is 1. The van der Waals surface area contributed by atoms with Crippen molar-refractivity contribution >= 4 is 5.82 Å². The first-order valence-electron chi connectivity index (χ1n) is 6.61. The number of methoxy groups -OCH3 is 1. The lowest BCUT2D eigenvalue weighted by Crippen LogP contribution is -2.03. The molecule has 0 bridgehead atoms. The predicted octanol–water partition coefficient (Wildman–Crippen LogP) is 2.27. The maximum atomic E-state index is 5.75. The van der Waals surface area contributed by atoms with Gasteiger partial charge in [-0.2, -0.15) is 0 Å². The van der Waals surface area contributed by atoms with Crippen LogP contribution in [0.4, 0.5) is 5.82 Å². The summed E-state index contributed by atoms with van der Waals surface area (Å²) in [5, 5.41) is 3.06. The van der Waals surface area contributed by atoms with Crippen LogP contribution in [0.3, 0.4) is 0 Å². The molecular weight excluding hydrogens is 254 g/mol. The van der Waals surface area contributed by atoms with Gasteiger partial charge in [-0.3, -0.25) is 0 Å². The van der Waals surface area contributed by atoms with E-state index in [2.05, 4.69) is 21.4 Å². The zero-order valence-corrected chi connectivity index (χ0v) is 11.6. The molecule has 2 aromatic rings. The molecule has 0 saturated carbocycles. The molecule has 1 N–H and O–H groups in total. The number of ether oxygens (including phenoxy) is 2. The number of fused-ring (bicyclic) bond motifs is 1. The third-order valence-electron chi connectivity index (χ3n) is 3.29. The molecule has 1 aliphatic heterocycles. The fourth-order valence-electron chi connectivity index (χ4n) is 2.37. The fourth-order valence-corrected chi connectivity index (χ4v) is 2.37. The minimum absolute atomic E-state index is 0.387. The number of anilines is 1. The van der Waals surface area contributed by atoms with Crippen molar-refractivity contribution in [2.45, 2.75) is 13.0 Å². The molecule has 5 nitrogen and oxygen atoms in total. The lowest BCUT2D eigenvalue weighted by molar-refractivity contribution is 0.178. The van der Waals surface area contributed by atoms with Crippen LogP contribution >= 0.6 is 0 Å². The van der Waals surface area contributed by atoms with Crippen molar-refractivity contribution in [2.24, 2.45) is 0 Å². The summed E-state index contributed by atoms with van der Waals surface area (Å²) < 4.78 is 10.9. The van der Waals surface area contributed by atoms with E-state index in [4.69, 9.17) is 9.47 Å². The average molecular weight is 271 g/mol. The van der Waals surface area contributed by atoms with Crippen molar-refractivity contribution < 1.29 is 9.47 Å². The Bertz CT molecular complexity index is 629. The Kier molecular flexibility index (Phi) is 3.52. The smallest absolute Gasteiger partial charge is 0.157 e. The van der Waals surface area contributed by atoms with Gasteiger partial charge in [0.1, 0.15) is 18.2 Å². The summed E-state index contributed by atoms with van der Waals surface area (Å²) in [4.78, 5) is 8.94. The highest BCUT2D eigenvalue weighted by molar-refractivity contribution is 5.71. The Morgan fingerprint density at radius 1 is 1.35 bits per heavy atom. The first-order chi connectivity index (χ1) is 9.81. The highest BCUT2D eigenvalue weighted by Gasteiger charge is 2.18. The minimum Gasteiger partial charge on any atom is -0.492 e. The van der Waals surface area contributed by atoms with Crippen LogP contribution in [0, 0.1) is 0 Å². The molecule has 104 valence electrons. The molecule has 0 saturated heterocycles. The zero-order valence-electron chi connectivity index (χ0n) is 11.6. The van der Waals surface area contributed by atoms with Gasteiger partial charge in [0.2, 0.25) is 0 Å². The van der Waals surface area contributed by atoms with E-state index < -0.39 is 0 Å². The van der Waals surface area contributed by atoms with E-state index in [0.717, 1.165) is 35.9 Å². The monoisotopic (exact) mass is 271 g/mol. The third-order valence-corrected chi connectivity index (χ3v) is 3.29. The summed E-state index contributed by atoms with van der Waals surface area (Å²) >= 11 is 0. The second-order valence-corrected chi connectivity index (χ2v) is 4.63. The maximum absolute atomic E-state index is 5.75. The van der Waals surface area contributed by atoms with Gasteiger partial charge < -0.3 is 14.8 Å². The van der Waals surface area contributed by atoms with E-state index in [9.17, 15) is 0 Å². The van der Waals surface area contributed by atoms with Gasteiger partial charge in [-0.15, -0.1) is 0 Å². The van der Waals surface area contributed by atoms with Gasteiger partial charge in [0, 0.05) is 32.2 Å². The van der Waals surface area contributed by atoms with Crippen LogP contribution in [0.5, 0.6) is 5.75 Å². The molecule has 1 aliphatic rings. The minimum atomic E-state index is 0.387. The number of para-hydroxylation sites is 1. The largest absolute Gasteiger partial charge is 0.492 e. The molecule has 1 aromatic carbocycles. The number of benzene rings is 1. The summed E-state index contributed by atoms with van der Waals surface area (Å²) in [7, 11) is 3.48. The summed E-state index contributed by atoms with van der Waals surface area (Å²) in [6.45, 7) is 1.12. The molecule has 0 fully saturated rings. The van der Waals surface area contributed by atoms with Gasteiger partial charge >= 0.3 is 0 Å². The second-order valence-electron chi connectivity index (χ2n) is 4.63. The van der Waals surface area contributed by atoms with Gasteiger partial charge in [-0.1, -0.05) is 12.1 Å². The van der Waals surface area contributed by atoms with E-state index in [0.29, 0.717) is 12.4 Å². The Balaban J connectivity index is 2.10. The molecule has 0 radical (unpaired) electrons. The van der Waals surface area contributed by atoms with Gasteiger partial charge in [-0.05, 0) is 11.6 Å². The van der Waals surface area contributed by atoms with Crippen LogP contribution in [-0.2, 0) is 17.8 Å². The lowest BCUT2D eigenvalue weighted by Gasteiger charge is -2.10. The van der Waals surface area contributed by atoms with Crippen LogP contribution in [0.25, 0.3) is 11.3 Å². The molecule has 0 spiro atoms. The first-order valence-corrected chi connectivity index (χ1v) is 6.61. The van der Waals surface area contributed by atoms with Gasteiger partial charge in [0.25, 0.3) is 0 Å². The molecule has 2 heterocycles. The Morgan fingerprint density at radius 3 is 3.05 bits per heavy atom. The standard InChI is InChI=1S/C15H17N3O2/c1-16-13-8-12(17-14(18-13)9-19-2)11-5-3-4-10-6-7-20-15(10)11/h3-5,8H,6-7,9H2,1-2H3,(H,16,17,18). The van der Waals surface area contributed by atoms with Crippen molar-refractivity contribution in [1.82, 2.24) is 9.97 Å².